The Morgan fingerprint density at radius 1 is 1.07 bits per heavy atom. The van der Waals surface area contributed by atoms with Gasteiger partial charge < -0.3 is 15.0 Å². The fraction of sp³-hybridized carbons (Fsp3) is 0.700. The lowest BCUT2D eigenvalue weighted by molar-refractivity contribution is -0.0644. The van der Waals surface area contributed by atoms with Gasteiger partial charge in [-0.15, -0.1) is 0 Å². The van der Waals surface area contributed by atoms with Crippen molar-refractivity contribution in [2.24, 2.45) is 0 Å². The molecule has 1 aromatic rings. The molecule has 158 valence electrons. The van der Waals surface area contributed by atoms with Crippen molar-refractivity contribution in [2.75, 3.05) is 43.4 Å². The van der Waals surface area contributed by atoms with Gasteiger partial charge in [-0.2, -0.15) is 12.7 Å². The molecule has 0 aromatic heterocycles. The van der Waals surface area contributed by atoms with Crippen molar-refractivity contribution < 1.29 is 13.2 Å². The minimum Gasteiger partial charge on any atom is -0.375 e. The van der Waals surface area contributed by atoms with Crippen LogP contribution < -0.4 is 14.9 Å². The highest BCUT2D eigenvalue weighted by Crippen LogP contribution is 2.26. The fourth-order valence-electron chi connectivity index (χ4n) is 3.99. The van der Waals surface area contributed by atoms with Crippen molar-refractivity contribution in [2.45, 2.75) is 57.2 Å². The van der Waals surface area contributed by atoms with E-state index < -0.39 is 10.2 Å². The van der Waals surface area contributed by atoms with Gasteiger partial charge in [-0.25, -0.2) is 0 Å². The van der Waals surface area contributed by atoms with Gasteiger partial charge >= 0.3 is 10.2 Å². The van der Waals surface area contributed by atoms with E-state index in [1.165, 1.54) is 14.1 Å². The van der Waals surface area contributed by atoms with E-state index in [9.17, 15) is 8.42 Å². The van der Waals surface area contributed by atoms with E-state index in [2.05, 4.69) is 28.8 Å². The van der Waals surface area contributed by atoms with Gasteiger partial charge in [0, 0.05) is 57.3 Å². The number of ether oxygens (including phenoxy) is 1. The number of hydrogen-bond donors (Lipinski definition) is 2. The highest BCUT2D eigenvalue weighted by atomic mass is 32.2. The summed E-state index contributed by atoms with van der Waals surface area (Å²) in [7, 11) is -0.446. The molecule has 0 bridgehead atoms. The van der Waals surface area contributed by atoms with Crippen LogP contribution in [-0.2, 0) is 14.9 Å². The molecule has 2 saturated heterocycles. The summed E-state index contributed by atoms with van der Waals surface area (Å²) in [6.45, 7) is 7.20. The Labute approximate surface area is 169 Å². The molecule has 0 unspecified atom stereocenters. The summed E-state index contributed by atoms with van der Waals surface area (Å²) in [5.41, 5.74) is 1.70. The first-order valence-corrected chi connectivity index (χ1v) is 11.5. The first-order chi connectivity index (χ1) is 13.1. The fourth-order valence-corrected chi connectivity index (χ4v) is 4.61. The molecule has 2 N–H and O–H groups in total. The van der Waals surface area contributed by atoms with Crippen molar-refractivity contribution in [3.8, 4) is 0 Å². The molecule has 0 spiro atoms. The Balaban J connectivity index is 1.49. The lowest BCUT2D eigenvalue weighted by Crippen LogP contribution is -2.50. The number of benzene rings is 1. The maximum absolute atomic E-state index is 11.9. The maximum atomic E-state index is 11.9. The van der Waals surface area contributed by atoms with E-state index in [-0.39, 0.29) is 5.60 Å². The van der Waals surface area contributed by atoms with Crippen LogP contribution in [0.3, 0.4) is 0 Å². The lowest BCUT2D eigenvalue weighted by Gasteiger charge is -2.40. The molecule has 2 aliphatic heterocycles. The third-order valence-corrected chi connectivity index (χ3v) is 7.08. The summed E-state index contributed by atoms with van der Waals surface area (Å²) in [6, 6.07) is 8.73. The van der Waals surface area contributed by atoms with Crippen molar-refractivity contribution >= 4 is 21.6 Å². The Morgan fingerprint density at radius 3 is 2.29 bits per heavy atom. The van der Waals surface area contributed by atoms with Crippen molar-refractivity contribution in [1.82, 2.24) is 9.62 Å². The summed E-state index contributed by atoms with van der Waals surface area (Å²) in [4.78, 5) is 2.37. The molecular formula is C20H34N4O3S. The Morgan fingerprint density at radius 2 is 1.71 bits per heavy atom. The predicted octanol–water partition coefficient (Wildman–Crippen LogP) is 2.42. The summed E-state index contributed by atoms with van der Waals surface area (Å²) in [5.74, 6) is 0. The van der Waals surface area contributed by atoms with E-state index in [0.29, 0.717) is 17.8 Å². The zero-order chi connectivity index (χ0) is 20.4. The summed E-state index contributed by atoms with van der Waals surface area (Å²) in [5, 5.41) is 3.84. The quantitative estimate of drug-likeness (QED) is 0.753. The molecule has 0 amide bonds. The zero-order valence-corrected chi connectivity index (χ0v) is 18.3. The average Bonchev–Trinajstić information content (AvgIpc) is 2.62. The van der Waals surface area contributed by atoms with Gasteiger partial charge in [0.25, 0.3) is 0 Å². The van der Waals surface area contributed by atoms with E-state index >= 15 is 0 Å². The van der Waals surface area contributed by atoms with Gasteiger partial charge in [-0.1, -0.05) is 0 Å². The van der Waals surface area contributed by atoms with E-state index in [0.717, 1.165) is 55.4 Å². The third-order valence-electron chi connectivity index (χ3n) is 5.62. The molecule has 2 heterocycles. The summed E-state index contributed by atoms with van der Waals surface area (Å²) in [6.07, 6.45) is 4.39. The van der Waals surface area contributed by atoms with Crippen LogP contribution in [0.4, 0.5) is 11.4 Å². The van der Waals surface area contributed by atoms with Crippen LogP contribution in [0.5, 0.6) is 0 Å². The van der Waals surface area contributed by atoms with Gasteiger partial charge in [0.1, 0.15) is 0 Å². The normalized spacial score (nSPS) is 23.8. The lowest BCUT2D eigenvalue weighted by atomic mass is 9.92. The molecule has 8 heteroatoms. The number of hydrogen-bond acceptors (Lipinski definition) is 5. The first-order valence-electron chi connectivity index (χ1n) is 10.1. The van der Waals surface area contributed by atoms with Gasteiger partial charge in [-0.05, 0) is 63.8 Å². The smallest absolute Gasteiger partial charge is 0.301 e. The highest BCUT2D eigenvalue weighted by molar-refractivity contribution is 7.90. The predicted molar refractivity (Wildman–Crippen MR) is 114 cm³/mol. The number of piperidine rings is 1. The van der Waals surface area contributed by atoms with Crippen LogP contribution in [0.25, 0.3) is 0 Å². The molecule has 2 aliphatic rings. The molecular weight excluding hydrogens is 376 g/mol. The number of nitrogens with one attached hydrogen (secondary N) is 2. The highest BCUT2D eigenvalue weighted by Gasteiger charge is 2.30. The average molecular weight is 411 g/mol. The topological polar surface area (TPSA) is 73.9 Å². The van der Waals surface area contributed by atoms with Gasteiger partial charge in [0.05, 0.1) is 5.60 Å². The molecule has 7 nitrogen and oxygen atoms in total. The third kappa shape index (κ3) is 5.59. The Kier molecular flexibility index (Phi) is 6.54. The van der Waals surface area contributed by atoms with E-state index in [1.807, 2.05) is 24.3 Å². The molecule has 0 aliphatic carbocycles. The Hall–Kier alpha value is -1.35. The molecule has 28 heavy (non-hydrogen) atoms. The summed E-state index contributed by atoms with van der Waals surface area (Å²) < 4.78 is 33.4. The number of nitrogens with zero attached hydrogens (tertiary/aromatic N) is 2. The van der Waals surface area contributed by atoms with Gasteiger partial charge in [-0.3, -0.25) is 4.72 Å². The number of anilines is 2. The van der Waals surface area contributed by atoms with Crippen molar-refractivity contribution in [3.05, 3.63) is 24.3 Å². The maximum Gasteiger partial charge on any atom is 0.301 e. The van der Waals surface area contributed by atoms with Gasteiger partial charge in [0.2, 0.25) is 0 Å². The standard InChI is InChI=1S/C20H34N4O3S/c1-20(2)15-18(11-14-27-20)21-16-9-12-24(13-10-16)19-7-5-17(6-8-19)22-28(25,26)23(3)4/h5-8,16,18,21-22H,9-15H2,1-4H3/t18-/m1/s1. The molecule has 1 atom stereocenters. The van der Waals surface area contributed by atoms with Crippen LogP contribution in [0.15, 0.2) is 24.3 Å². The minimum absolute atomic E-state index is 0.0214. The van der Waals surface area contributed by atoms with Crippen LogP contribution in [0.2, 0.25) is 0 Å². The van der Waals surface area contributed by atoms with Crippen molar-refractivity contribution in [3.63, 3.8) is 0 Å². The zero-order valence-electron chi connectivity index (χ0n) is 17.4. The van der Waals surface area contributed by atoms with E-state index in [1.54, 1.807) is 0 Å². The molecule has 2 fully saturated rings. The Bertz CT molecular complexity index is 741. The second kappa shape index (κ2) is 8.57. The van der Waals surface area contributed by atoms with Gasteiger partial charge in [0.15, 0.2) is 0 Å². The SMILES string of the molecule is CN(C)S(=O)(=O)Nc1ccc(N2CCC(N[C@@H]3CCOC(C)(C)C3)CC2)cc1. The molecule has 0 radical (unpaired) electrons. The second-order valence-electron chi connectivity index (χ2n) is 8.66. The van der Waals surface area contributed by atoms with Crippen LogP contribution in [0.1, 0.15) is 39.5 Å². The van der Waals surface area contributed by atoms with Crippen LogP contribution in [-0.4, -0.2) is 64.2 Å². The monoisotopic (exact) mass is 410 g/mol. The van der Waals surface area contributed by atoms with Crippen LogP contribution >= 0.6 is 0 Å². The first kappa shape index (κ1) is 21.4. The molecule has 3 rings (SSSR count). The largest absolute Gasteiger partial charge is 0.375 e. The van der Waals surface area contributed by atoms with Crippen molar-refractivity contribution in [1.29, 1.82) is 0 Å². The second-order valence-corrected chi connectivity index (χ2v) is 10.5. The molecule has 1 aromatic carbocycles. The van der Waals surface area contributed by atoms with E-state index in [4.69, 9.17) is 4.74 Å². The van der Waals surface area contributed by atoms with Crippen LogP contribution in [0, 0.1) is 0 Å². The number of rotatable bonds is 6. The minimum atomic E-state index is -3.47. The molecule has 0 saturated carbocycles. The summed E-state index contributed by atoms with van der Waals surface area (Å²) >= 11 is 0.